The molecule has 0 aliphatic carbocycles. The molecule has 1 aliphatic heterocycles. The van der Waals surface area contributed by atoms with Gasteiger partial charge in [0.25, 0.3) is 0 Å². The molecule has 4 nitrogen and oxygen atoms in total. The van der Waals surface area contributed by atoms with Gasteiger partial charge in [-0.3, -0.25) is 4.79 Å². The Kier molecular flexibility index (Phi) is 3.10. The molecule has 0 radical (unpaired) electrons. The van der Waals surface area contributed by atoms with Gasteiger partial charge in [-0.05, 0) is 31.5 Å². The molecule has 0 saturated carbocycles. The second kappa shape index (κ2) is 4.53. The summed E-state index contributed by atoms with van der Waals surface area (Å²) in [5, 5.41) is 3.33. The van der Waals surface area contributed by atoms with E-state index in [1.807, 2.05) is 6.07 Å². The predicted molar refractivity (Wildman–Crippen MR) is 63.7 cm³/mol. The van der Waals surface area contributed by atoms with Gasteiger partial charge in [-0.25, -0.2) is 0 Å². The molecule has 1 aromatic rings. The molecule has 1 saturated heterocycles. The van der Waals surface area contributed by atoms with E-state index in [1.165, 1.54) is 6.92 Å². The number of ketones is 1. The van der Waals surface area contributed by atoms with Crippen molar-refractivity contribution in [3.63, 3.8) is 0 Å². The lowest BCUT2D eigenvalue weighted by Gasteiger charge is -2.13. The largest absolute Gasteiger partial charge is 0.398 e. The third-order valence-corrected chi connectivity index (χ3v) is 2.73. The van der Waals surface area contributed by atoms with Crippen molar-refractivity contribution < 1.29 is 9.53 Å². The summed E-state index contributed by atoms with van der Waals surface area (Å²) in [6.45, 7) is 3.04. The number of hydrogen-bond acceptors (Lipinski definition) is 4. The minimum Gasteiger partial charge on any atom is -0.398 e. The fourth-order valence-corrected chi connectivity index (χ4v) is 1.84. The average molecular weight is 220 g/mol. The maximum absolute atomic E-state index is 11.3. The Balaban J connectivity index is 2.15. The van der Waals surface area contributed by atoms with E-state index in [4.69, 9.17) is 10.5 Å². The summed E-state index contributed by atoms with van der Waals surface area (Å²) in [4.78, 5) is 11.3. The molecule has 86 valence electrons. The number of Topliss-reactive ketones (excluding diaryl/α,β-unsaturated/α-hetero) is 1. The quantitative estimate of drug-likeness (QED) is 0.600. The van der Waals surface area contributed by atoms with Crippen LogP contribution in [0.4, 0.5) is 11.4 Å². The number of nitrogens with two attached hydrogens (primary N) is 1. The highest BCUT2D eigenvalue weighted by Gasteiger charge is 2.15. The van der Waals surface area contributed by atoms with Crippen molar-refractivity contribution in [2.75, 3.05) is 24.3 Å². The lowest BCUT2D eigenvalue weighted by atomic mass is 10.1. The smallest absolute Gasteiger partial charge is 0.161 e. The molecule has 0 amide bonds. The number of ether oxygens (including phenoxy) is 1. The van der Waals surface area contributed by atoms with Crippen LogP contribution < -0.4 is 11.1 Å². The van der Waals surface area contributed by atoms with Crippen molar-refractivity contribution in [2.24, 2.45) is 0 Å². The van der Waals surface area contributed by atoms with Crippen molar-refractivity contribution in [2.45, 2.75) is 19.4 Å². The summed E-state index contributed by atoms with van der Waals surface area (Å²) in [5.74, 6) is -0.0104. The Labute approximate surface area is 94.8 Å². The summed E-state index contributed by atoms with van der Waals surface area (Å²) in [6, 6.07) is 5.79. The normalized spacial score (nSPS) is 19.7. The molecule has 0 aromatic heterocycles. The molecule has 1 fully saturated rings. The molecular formula is C12H16N2O2. The summed E-state index contributed by atoms with van der Waals surface area (Å²) in [7, 11) is 0. The zero-order valence-corrected chi connectivity index (χ0v) is 9.32. The van der Waals surface area contributed by atoms with Crippen LogP contribution in [0.25, 0.3) is 0 Å². The molecule has 0 spiro atoms. The summed E-state index contributed by atoms with van der Waals surface area (Å²) < 4.78 is 5.28. The number of benzene rings is 1. The Bertz CT molecular complexity index is 398. The molecule has 1 heterocycles. The number of carbonyl (C=O) groups is 1. The Morgan fingerprint density at radius 1 is 1.56 bits per heavy atom. The Morgan fingerprint density at radius 2 is 2.38 bits per heavy atom. The maximum Gasteiger partial charge on any atom is 0.161 e. The van der Waals surface area contributed by atoms with Crippen LogP contribution in [0.1, 0.15) is 23.7 Å². The van der Waals surface area contributed by atoms with Crippen LogP contribution in [-0.2, 0) is 4.74 Å². The molecule has 1 unspecified atom stereocenters. The van der Waals surface area contributed by atoms with Crippen LogP contribution in [0.2, 0.25) is 0 Å². The monoisotopic (exact) mass is 220 g/mol. The second-order valence-corrected chi connectivity index (χ2v) is 4.06. The fraction of sp³-hybridized carbons (Fsp3) is 0.417. The SMILES string of the molecule is CC(=O)c1cc(NC2CCOC2)ccc1N. The highest BCUT2D eigenvalue weighted by atomic mass is 16.5. The van der Waals surface area contributed by atoms with Crippen LogP contribution in [0.3, 0.4) is 0 Å². The van der Waals surface area contributed by atoms with Crippen molar-refractivity contribution in [1.29, 1.82) is 0 Å². The second-order valence-electron chi connectivity index (χ2n) is 4.06. The first-order chi connectivity index (χ1) is 7.66. The van der Waals surface area contributed by atoms with Gasteiger partial charge in [0.15, 0.2) is 5.78 Å². The molecule has 0 bridgehead atoms. The molecule has 4 heteroatoms. The summed E-state index contributed by atoms with van der Waals surface area (Å²) in [5.41, 5.74) is 7.75. The minimum absolute atomic E-state index is 0.0104. The van der Waals surface area contributed by atoms with E-state index in [1.54, 1.807) is 12.1 Å². The van der Waals surface area contributed by atoms with Crippen LogP contribution in [-0.4, -0.2) is 25.0 Å². The molecule has 3 N–H and O–H groups in total. The molecule has 2 rings (SSSR count). The summed E-state index contributed by atoms with van der Waals surface area (Å²) >= 11 is 0. The van der Waals surface area contributed by atoms with Crippen LogP contribution in [0, 0.1) is 0 Å². The minimum atomic E-state index is -0.0104. The molecule has 1 aromatic carbocycles. The zero-order chi connectivity index (χ0) is 11.5. The lowest BCUT2D eigenvalue weighted by molar-refractivity contribution is 0.101. The molecule has 16 heavy (non-hydrogen) atoms. The van der Waals surface area contributed by atoms with E-state index in [0.717, 1.165) is 25.3 Å². The number of hydrogen-bond donors (Lipinski definition) is 2. The van der Waals surface area contributed by atoms with Gasteiger partial charge in [-0.1, -0.05) is 0 Å². The first-order valence-electron chi connectivity index (χ1n) is 5.41. The molecule has 1 atom stereocenters. The van der Waals surface area contributed by atoms with Gasteiger partial charge in [0.05, 0.1) is 12.6 Å². The topological polar surface area (TPSA) is 64.3 Å². The van der Waals surface area contributed by atoms with E-state index < -0.39 is 0 Å². The van der Waals surface area contributed by atoms with Crippen molar-refractivity contribution in [3.8, 4) is 0 Å². The van der Waals surface area contributed by atoms with Crippen molar-refractivity contribution in [1.82, 2.24) is 0 Å². The van der Waals surface area contributed by atoms with E-state index in [2.05, 4.69) is 5.32 Å². The summed E-state index contributed by atoms with van der Waals surface area (Å²) in [6.07, 6.45) is 1.000. The zero-order valence-electron chi connectivity index (χ0n) is 9.32. The highest BCUT2D eigenvalue weighted by molar-refractivity contribution is 6.00. The van der Waals surface area contributed by atoms with Crippen LogP contribution in [0.5, 0.6) is 0 Å². The van der Waals surface area contributed by atoms with Crippen LogP contribution in [0.15, 0.2) is 18.2 Å². The van der Waals surface area contributed by atoms with Gasteiger partial charge >= 0.3 is 0 Å². The van der Waals surface area contributed by atoms with Gasteiger partial charge < -0.3 is 15.8 Å². The van der Waals surface area contributed by atoms with E-state index in [0.29, 0.717) is 17.3 Å². The Hall–Kier alpha value is -1.55. The Morgan fingerprint density at radius 3 is 3.00 bits per heavy atom. The third kappa shape index (κ3) is 2.33. The number of nitrogens with one attached hydrogen (secondary N) is 1. The van der Waals surface area contributed by atoms with Crippen LogP contribution >= 0.6 is 0 Å². The maximum atomic E-state index is 11.3. The third-order valence-electron chi connectivity index (χ3n) is 2.73. The van der Waals surface area contributed by atoms with Gasteiger partial charge in [-0.2, -0.15) is 0 Å². The number of nitrogen functional groups attached to an aromatic ring is 1. The molecular weight excluding hydrogens is 204 g/mol. The number of anilines is 2. The number of carbonyl (C=O) groups excluding carboxylic acids is 1. The standard InChI is InChI=1S/C12H16N2O2/c1-8(15)11-6-9(2-3-12(11)13)14-10-4-5-16-7-10/h2-3,6,10,14H,4-5,7,13H2,1H3. The van der Waals surface area contributed by atoms with Gasteiger partial charge in [0.2, 0.25) is 0 Å². The van der Waals surface area contributed by atoms with Gasteiger partial charge in [0, 0.05) is 23.5 Å². The highest BCUT2D eigenvalue weighted by Crippen LogP contribution is 2.20. The van der Waals surface area contributed by atoms with Crippen molar-refractivity contribution >= 4 is 17.2 Å². The first-order valence-corrected chi connectivity index (χ1v) is 5.41. The van der Waals surface area contributed by atoms with Crippen molar-refractivity contribution in [3.05, 3.63) is 23.8 Å². The van der Waals surface area contributed by atoms with E-state index >= 15 is 0 Å². The van der Waals surface area contributed by atoms with E-state index in [-0.39, 0.29) is 5.78 Å². The predicted octanol–water partition coefficient (Wildman–Crippen LogP) is 1.67. The first kappa shape index (κ1) is 11.0. The molecule has 1 aliphatic rings. The lowest BCUT2D eigenvalue weighted by Crippen LogP contribution is -2.19. The number of rotatable bonds is 3. The van der Waals surface area contributed by atoms with Gasteiger partial charge in [0.1, 0.15) is 0 Å². The van der Waals surface area contributed by atoms with E-state index in [9.17, 15) is 4.79 Å². The average Bonchev–Trinajstić information content (AvgIpc) is 2.73. The van der Waals surface area contributed by atoms with Gasteiger partial charge in [-0.15, -0.1) is 0 Å². The fourth-order valence-electron chi connectivity index (χ4n) is 1.84.